The molecule has 2 aromatic rings. The van der Waals surface area contributed by atoms with Crippen LogP contribution in [0.2, 0.25) is 0 Å². The predicted octanol–water partition coefficient (Wildman–Crippen LogP) is 2.39. The molecule has 0 bridgehead atoms. The van der Waals surface area contributed by atoms with Gasteiger partial charge in [-0.1, -0.05) is 19.9 Å². The molecule has 1 amide bonds. The van der Waals surface area contributed by atoms with E-state index in [9.17, 15) is 4.79 Å². The summed E-state index contributed by atoms with van der Waals surface area (Å²) in [5.74, 6) is 0.252. The number of nitrogens with one attached hydrogen (secondary N) is 1. The first kappa shape index (κ1) is 12.6. The Morgan fingerprint density at radius 1 is 1.39 bits per heavy atom. The number of hydrogen-bond acceptors (Lipinski definition) is 2. The summed E-state index contributed by atoms with van der Waals surface area (Å²) in [4.78, 5) is 11.9. The number of carbonyl (C=O) groups excluding carboxylic acids is 1. The lowest BCUT2D eigenvalue weighted by Gasteiger charge is -2.12. The van der Waals surface area contributed by atoms with E-state index in [1.54, 1.807) is 0 Å². The van der Waals surface area contributed by atoms with Gasteiger partial charge >= 0.3 is 0 Å². The Balaban J connectivity index is 2.04. The van der Waals surface area contributed by atoms with E-state index >= 15 is 0 Å². The van der Waals surface area contributed by atoms with Crippen molar-refractivity contribution in [1.82, 2.24) is 14.9 Å². The molecule has 0 saturated heterocycles. The van der Waals surface area contributed by atoms with Gasteiger partial charge in [-0.15, -0.1) is 0 Å². The molecule has 0 saturated carbocycles. The second-order valence-corrected chi connectivity index (χ2v) is 4.43. The Morgan fingerprint density at radius 2 is 2.17 bits per heavy atom. The molecule has 2 aromatic heterocycles. The number of aromatic nitrogens is 2. The molecular formula is C14H19N3O. The first-order valence-corrected chi connectivity index (χ1v) is 6.45. The SMILES string of the molecule is CCC(CC)C(=O)NCc1cnn2ccccc12. The lowest BCUT2D eigenvalue weighted by molar-refractivity contribution is -0.125. The summed E-state index contributed by atoms with van der Waals surface area (Å²) in [6, 6.07) is 5.92. The van der Waals surface area contributed by atoms with Gasteiger partial charge in [-0.25, -0.2) is 4.52 Å². The summed E-state index contributed by atoms with van der Waals surface area (Å²) in [6.07, 6.45) is 5.48. The van der Waals surface area contributed by atoms with Gasteiger partial charge in [-0.05, 0) is 25.0 Å². The molecule has 0 radical (unpaired) electrons. The molecule has 1 N–H and O–H groups in total. The van der Waals surface area contributed by atoms with Gasteiger partial charge in [0.15, 0.2) is 0 Å². The lowest BCUT2D eigenvalue weighted by atomic mass is 10.0. The molecule has 0 aliphatic rings. The monoisotopic (exact) mass is 245 g/mol. The van der Waals surface area contributed by atoms with Gasteiger partial charge in [0, 0.05) is 24.2 Å². The molecule has 2 heterocycles. The predicted molar refractivity (Wildman–Crippen MR) is 71.1 cm³/mol. The maximum Gasteiger partial charge on any atom is 0.223 e. The first-order valence-electron chi connectivity index (χ1n) is 6.45. The van der Waals surface area contributed by atoms with Crippen LogP contribution in [0.3, 0.4) is 0 Å². The fraction of sp³-hybridized carbons (Fsp3) is 0.429. The van der Waals surface area contributed by atoms with Crippen LogP contribution in [0, 0.1) is 5.92 Å². The third-order valence-electron chi connectivity index (χ3n) is 3.32. The van der Waals surface area contributed by atoms with Crippen LogP contribution in [0.15, 0.2) is 30.6 Å². The Kier molecular flexibility index (Phi) is 3.97. The third-order valence-corrected chi connectivity index (χ3v) is 3.32. The molecule has 0 aliphatic carbocycles. The van der Waals surface area contributed by atoms with E-state index in [2.05, 4.69) is 10.4 Å². The van der Waals surface area contributed by atoms with Gasteiger partial charge < -0.3 is 5.32 Å². The molecule has 2 rings (SSSR count). The van der Waals surface area contributed by atoms with Crippen LogP contribution < -0.4 is 5.32 Å². The van der Waals surface area contributed by atoms with E-state index < -0.39 is 0 Å². The zero-order valence-corrected chi connectivity index (χ0v) is 10.9. The van der Waals surface area contributed by atoms with Gasteiger partial charge in [0.2, 0.25) is 5.91 Å². The Hall–Kier alpha value is -1.84. The van der Waals surface area contributed by atoms with E-state index in [1.807, 2.05) is 49.0 Å². The zero-order valence-electron chi connectivity index (χ0n) is 10.9. The molecule has 96 valence electrons. The van der Waals surface area contributed by atoms with Gasteiger partial charge in [0.25, 0.3) is 0 Å². The van der Waals surface area contributed by atoms with Crippen LogP contribution in [-0.2, 0) is 11.3 Å². The molecule has 4 nitrogen and oxygen atoms in total. The maximum atomic E-state index is 11.9. The lowest BCUT2D eigenvalue weighted by Crippen LogP contribution is -2.29. The van der Waals surface area contributed by atoms with Crippen molar-refractivity contribution in [3.63, 3.8) is 0 Å². The fourth-order valence-corrected chi connectivity index (χ4v) is 2.11. The number of fused-ring (bicyclic) bond motifs is 1. The minimum atomic E-state index is 0.117. The van der Waals surface area contributed by atoms with Crippen molar-refractivity contribution in [1.29, 1.82) is 0 Å². The number of hydrogen-bond donors (Lipinski definition) is 1. The molecule has 0 unspecified atom stereocenters. The summed E-state index contributed by atoms with van der Waals surface area (Å²) in [7, 11) is 0. The molecule has 4 heteroatoms. The largest absolute Gasteiger partial charge is 0.352 e. The van der Waals surface area contributed by atoms with Crippen molar-refractivity contribution in [2.24, 2.45) is 5.92 Å². The average Bonchev–Trinajstić information content (AvgIpc) is 2.81. The minimum Gasteiger partial charge on any atom is -0.352 e. The number of nitrogens with zero attached hydrogens (tertiary/aromatic N) is 2. The van der Waals surface area contributed by atoms with Crippen LogP contribution in [0.4, 0.5) is 0 Å². The highest BCUT2D eigenvalue weighted by Crippen LogP contribution is 2.11. The first-order chi connectivity index (χ1) is 8.76. The number of rotatable bonds is 5. The van der Waals surface area contributed by atoms with Crippen molar-refractivity contribution >= 4 is 11.4 Å². The van der Waals surface area contributed by atoms with E-state index in [0.29, 0.717) is 6.54 Å². The van der Waals surface area contributed by atoms with Gasteiger partial charge in [-0.2, -0.15) is 5.10 Å². The van der Waals surface area contributed by atoms with Crippen LogP contribution in [0.25, 0.3) is 5.52 Å². The molecular weight excluding hydrogens is 226 g/mol. The van der Waals surface area contributed by atoms with Crippen molar-refractivity contribution in [3.05, 3.63) is 36.2 Å². The standard InChI is InChI=1S/C14H19N3O/c1-3-11(4-2)14(18)15-9-12-10-16-17-8-6-5-7-13(12)17/h5-8,10-11H,3-4,9H2,1-2H3,(H,15,18). The highest BCUT2D eigenvalue weighted by molar-refractivity contribution is 5.78. The summed E-state index contributed by atoms with van der Waals surface area (Å²) >= 11 is 0. The molecule has 0 fully saturated rings. The van der Waals surface area contributed by atoms with Gasteiger partial charge in [0.05, 0.1) is 11.7 Å². The third kappa shape index (κ3) is 2.53. The average molecular weight is 245 g/mol. The van der Waals surface area contributed by atoms with Crippen molar-refractivity contribution in [3.8, 4) is 0 Å². The van der Waals surface area contributed by atoms with Crippen LogP contribution in [0.1, 0.15) is 32.3 Å². The molecule has 0 atom stereocenters. The van der Waals surface area contributed by atoms with Crippen molar-refractivity contribution in [2.45, 2.75) is 33.2 Å². The summed E-state index contributed by atoms with van der Waals surface area (Å²) in [6.45, 7) is 4.63. The quantitative estimate of drug-likeness (QED) is 0.879. The number of amides is 1. The van der Waals surface area contributed by atoms with Crippen LogP contribution in [-0.4, -0.2) is 15.5 Å². The second-order valence-electron chi connectivity index (χ2n) is 4.43. The molecule has 0 spiro atoms. The Labute approximate surface area is 107 Å². The minimum absolute atomic E-state index is 0.117. The highest BCUT2D eigenvalue weighted by atomic mass is 16.1. The molecule has 0 aliphatic heterocycles. The van der Waals surface area contributed by atoms with Gasteiger partial charge in [0.1, 0.15) is 0 Å². The summed E-state index contributed by atoms with van der Waals surface area (Å²) in [5, 5.41) is 7.23. The fourth-order valence-electron chi connectivity index (χ4n) is 2.11. The second kappa shape index (κ2) is 5.67. The highest BCUT2D eigenvalue weighted by Gasteiger charge is 2.14. The van der Waals surface area contributed by atoms with Gasteiger partial charge in [-0.3, -0.25) is 4.79 Å². The zero-order chi connectivity index (χ0) is 13.0. The van der Waals surface area contributed by atoms with E-state index in [1.165, 1.54) is 0 Å². The molecule has 18 heavy (non-hydrogen) atoms. The summed E-state index contributed by atoms with van der Waals surface area (Å²) in [5.41, 5.74) is 2.09. The molecule has 0 aromatic carbocycles. The van der Waals surface area contributed by atoms with E-state index in [4.69, 9.17) is 0 Å². The van der Waals surface area contributed by atoms with Crippen molar-refractivity contribution in [2.75, 3.05) is 0 Å². The smallest absolute Gasteiger partial charge is 0.223 e. The van der Waals surface area contributed by atoms with E-state index in [0.717, 1.165) is 23.9 Å². The van der Waals surface area contributed by atoms with E-state index in [-0.39, 0.29) is 11.8 Å². The maximum absolute atomic E-state index is 11.9. The Bertz CT molecular complexity index is 529. The van der Waals surface area contributed by atoms with Crippen molar-refractivity contribution < 1.29 is 4.79 Å². The van der Waals surface area contributed by atoms with Crippen LogP contribution in [0.5, 0.6) is 0 Å². The topological polar surface area (TPSA) is 46.4 Å². The number of carbonyl (C=O) groups is 1. The summed E-state index contributed by atoms with van der Waals surface area (Å²) < 4.78 is 1.82. The Morgan fingerprint density at radius 3 is 2.89 bits per heavy atom. The normalized spacial score (nSPS) is 11.1. The number of pyridine rings is 1. The van der Waals surface area contributed by atoms with Crippen LogP contribution >= 0.6 is 0 Å².